The highest BCUT2D eigenvalue weighted by Crippen LogP contribution is 2.38. The first kappa shape index (κ1) is 18.8. The highest BCUT2D eigenvalue weighted by Gasteiger charge is 2.42. The SMILES string of the molecule is COCCOC(=O)OC1=C(c2ccc(C)cc2OC)C(=O)NC1(C)C. The average molecular weight is 349 g/mol. The van der Waals surface area contributed by atoms with Gasteiger partial charge in [0, 0.05) is 12.7 Å². The van der Waals surface area contributed by atoms with E-state index in [1.807, 2.05) is 19.1 Å². The third kappa shape index (κ3) is 4.11. The van der Waals surface area contributed by atoms with Gasteiger partial charge in [-0.3, -0.25) is 4.79 Å². The third-order valence-electron chi connectivity index (χ3n) is 3.77. The van der Waals surface area contributed by atoms with Crippen molar-refractivity contribution < 1.29 is 28.5 Å². The monoisotopic (exact) mass is 349 g/mol. The number of carbonyl (C=O) groups excluding carboxylic acids is 2. The lowest BCUT2D eigenvalue weighted by Crippen LogP contribution is -2.39. The van der Waals surface area contributed by atoms with Crippen LogP contribution >= 0.6 is 0 Å². The van der Waals surface area contributed by atoms with E-state index in [-0.39, 0.29) is 30.5 Å². The summed E-state index contributed by atoms with van der Waals surface area (Å²) < 4.78 is 20.5. The van der Waals surface area contributed by atoms with E-state index in [9.17, 15) is 9.59 Å². The van der Waals surface area contributed by atoms with Crippen LogP contribution in [0.15, 0.2) is 24.0 Å². The summed E-state index contributed by atoms with van der Waals surface area (Å²) in [5.41, 5.74) is 0.935. The molecule has 0 aliphatic carbocycles. The molecule has 1 heterocycles. The fourth-order valence-electron chi connectivity index (χ4n) is 2.57. The molecule has 7 heteroatoms. The van der Waals surface area contributed by atoms with Gasteiger partial charge in [-0.1, -0.05) is 12.1 Å². The van der Waals surface area contributed by atoms with Crippen molar-refractivity contribution in [2.45, 2.75) is 26.3 Å². The number of hydrogen-bond donors (Lipinski definition) is 1. The lowest BCUT2D eigenvalue weighted by molar-refractivity contribution is -0.115. The molecule has 7 nitrogen and oxygen atoms in total. The maximum atomic E-state index is 12.5. The highest BCUT2D eigenvalue weighted by atomic mass is 16.7. The molecule has 0 bridgehead atoms. The van der Waals surface area contributed by atoms with Crippen LogP contribution in [-0.4, -0.2) is 45.0 Å². The van der Waals surface area contributed by atoms with Crippen molar-refractivity contribution in [1.82, 2.24) is 5.32 Å². The van der Waals surface area contributed by atoms with Crippen LogP contribution in [0.3, 0.4) is 0 Å². The van der Waals surface area contributed by atoms with Crippen molar-refractivity contribution in [3.63, 3.8) is 0 Å². The molecular weight excluding hydrogens is 326 g/mol. The molecular formula is C18H23NO6. The number of nitrogens with one attached hydrogen (secondary N) is 1. The van der Waals surface area contributed by atoms with Gasteiger partial charge in [-0.05, 0) is 32.4 Å². The van der Waals surface area contributed by atoms with Gasteiger partial charge in [0.1, 0.15) is 18.1 Å². The zero-order valence-corrected chi connectivity index (χ0v) is 15.1. The highest BCUT2D eigenvalue weighted by molar-refractivity contribution is 6.24. The van der Waals surface area contributed by atoms with Crippen LogP contribution in [0, 0.1) is 6.92 Å². The molecule has 0 atom stereocenters. The lowest BCUT2D eigenvalue weighted by Gasteiger charge is -2.21. The molecule has 1 N–H and O–H groups in total. The summed E-state index contributed by atoms with van der Waals surface area (Å²) in [4.78, 5) is 24.5. The minimum absolute atomic E-state index is 0.0631. The van der Waals surface area contributed by atoms with Crippen molar-refractivity contribution in [2.24, 2.45) is 0 Å². The summed E-state index contributed by atoms with van der Waals surface area (Å²) in [5, 5.41) is 2.80. The second-order valence-electron chi connectivity index (χ2n) is 6.18. The average Bonchev–Trinajstić information content (AvgIpc) is 2.76. The van der Waals surface area contributed by atoms with Gasteiger partial charge in [0.15, 0.2) is 0 Å². The van der Waals surface area contributed by atoms with Crippen LogP contribution in [0.4, 0.5) is 4.79 Å². The number of carbonyl (C=O) groups is 2. The number of ether oxygens (including phenoxy) is 4. The second-order valence-corrected chi connectivity index (χ2v) is 6.18. The van der Waals surface area contributed by atoms with Crippen LogP contribution in [-0.2, 0) is 19.0 Å². The van der Waals surface area contributed by atoms with Crippen LogP contribution in [0.5, 0.6) is 5.75 Å². The fraction of sp³-hybridized carbons (Fsp3) is 0.444. The fourth-order valence-corrected chi connectivity index (χ4v) is 2.57. The number of benzene rings is 1. The maximum Gasteiger partial charge on any atom is 0.513 e. The van der Waals surface area contributed by atoms with Crippen molar-refractivity contribution >= 4 is 17.6 Å². The van der Waals surface area contributed by atoms with E-state index in [4.69, 9.17) is 18.9 Å². The number of rotatable bonds is 6. The molecule has 0 aromatic heterocycles. The van der Waals surface area contributed by atoms with Gasteiger partial charge >= 0.3 is 6.16 Å². The summed E-state index contributed by atoms with van der Waals surface area (Å²) in [5.74, 6) is 0.380. The second kappa shape index (κ2) is 7.57. The van der Waals surface area contributed by atoms with Crippen LogP contribution < -0.4 is 10.1 Å². The molecule has 25 heavy (non-hydrogen) atoms. The lowest BCUT2D eigenvalue weighted by atomic mass is 9.98. The van der Waals surface area contributed by atoms with E-state index in [0.717, 1.165) is 5.56 Å². The first-order valence-electron chi connectivity index (χ1n) is 7.86. The van der Waals surface area contributed by atoms with Gasteiger partial charge in [0.25, 0.3) is 5.91 Å². The molecule has 1 aliphatic heterocycles. The van der Waals surface area contributed by atoms with Crippen molar-refractivity contribution in [2.75, 3.05) is 27.4 Å². The molecule has 0 radical (unpaired) electrons. The molecule has 1 aromatic carbocycles. The smallest absolute Gasteiger partial charge is 0.496 e. The molecule has 2 rings (SSSR count). The minimum Gasteiger partial charge on any atom is -0.496 e. The van der Waals surface area contributed by atoms with E-state index < -0.39 is 11.7 Å². The van der Waals surface area contributed by atoms with Crippen molar-refractivity contribution in [3.05, 3.63) is 35.1 Å². The Balaban J connectivity index is 2.42. The number of amides is 1. The van der Waals surface area contributed by atoms with Gasteiger partial charge in [0.05, 0.1) is 24.8 Å². The Bertz CT molecular complexity index is 708. The van der Waals surface area contributed by atoms with E-state index in [0.29, 0.717) is 11.3 Å². The number of aryl methyl sites for hydroxylation is 1. The number of hydrogen-bond acceptors (Lipinski definition) is 6. The molecule has 1 aromatic rings. The molecule has 0 spiro atoms. The molecule has 136 valence electrons. The predicted molar refractivity (Wildman–Crippen MR) is 91.2 cm³/mol. The van der Waals surface area contributed by atoms with Gasteiger partial charge in [-0.25, -0.2) is 4.79 Å². The van der Waals surface area contributed by atoms with Crippen LogP contribution in [0.2, 0.25) is 0 Å². The summed E-state index contributed by atoms with van der Waals surface area (Å²) in [6.45, 7) is 5.73. The van der Waals surface area contributed by atoms with E-state index >= 15 is 0 Å². The summed E-state index contributed by atoms with van der Waals surface area (Å²) in [6, 6.07) is 5.44. The van der Waals surface area contributed by atoms with Gasteiger partial charge in [-0.2, -0.15) is 0 Å². The predicted octanol–water partition coefficient (Wildman–Crippen LogP) is 2.42. The zero-order chi connectivity index (χ0) is 18.6. The Kier molecular flexibility index (Phi) is 5.69. The van der Waals surface area contributed by atoms with Crippen molar-refractivity contribution in [3.8, 4) is 5.75 Å². The molecule has 1 aliphatic rings. The minimum atomic E-state index is -0.889. The van der Waals surface area contributed by atoms with Crippen molar-refractivity contribution in [1.29, 1.82) is 0 Å². The quantitative estimate of drug-likeness (QED) is 0.627. The summed E-state index contributed by atoms with van der Waals surface area (Å²) in [6.07, 6.45) is -0.889. The first-order chi connectivity index (χ1) is 11.8. The molecule has 1 amide bonds. The summed E-state index contributed by atoms with van der Waals surface area (Å²) in [7, 11) is 3.03. The number of methoxy groups -OCH3 is 2. The van der Waals surface area contributed by atoms with Crippen LogP contribution in [0.25, 0.3) is 5.57 Å². The normalized spacial score (nSPS) is 15.8. The van der Waals surface area contributed by atoms with Gasteiger partial charge < -0.3 is 24.3 Å². The topological polar surface area (TPSA) is 83.1 Å². The Hall–Kier alpha value is -2.54. The first-order valence-corrected chi connectivity index (χ1v) is 7.86. The molecule has 0 unspecified atom stereocenters. The Morgan fingerprint density at radius 3 is 2.56 bits per heavy atom. The largest absolute Gasteiger partial charge is 0.513 e. The van der Waals surface area contributed by atoms with Crippen LogP contribution in [0.1, 0.15) is 25.0 Å². The standard InChI is InChI=1S/C18H23NO6/c1-11-6-7-12(13(10-11)23-5)14-15(18(2,3)19-16(14)20)25-17(21)24-9-8-22-4/h6-7,10H,8-9H2,1-5H3,(H,19,20). The van der Waals surface area contributed by atoms with E-state index in [1.54, 1.807) is 19.9 Å². The zero-order valence-electron chi connectivity index (χ0n) is 15.1. The molecule has 0 saturated carbocycles. The van der Waals surface area contributed by atoms with Gasteiger partial charge in [0.2, 0.25) is 0 Å². The third-order valence-corrected chi connectivity index (χ3v) is 3.77. The van der Waals surface area contributed by atoms with E-state index in [2.05, 4.69) is 5.32 Å². The Labute approximate surface area is 146 Å². The Morgan fingerprint density at radius 1 is 1.20 bits per heavy atom. The molecule has 0 fully saturated rings. The maximum absolute atomic E-state index is 12.5. The summed E-state index contributed by atoms with van der Waals surface area (Å²) >= 11 is 0. The van der Waals surface area contributed by atoms with E-state index in [1.165, 1.54) is 14.2 Å². The van der Waals surface area contributed by atoms with Gasteiger partial charge in [-0.15, -0.1) is 0 Å². The molecule has 0 saturated heterocycles. The Morgan fingerprint density at radius 2 is 1.92 bits per heavy atom.